The molecule has 1 aliphatic carbocycles. The number of nitriles is 1. The third kappa shape index (κ3) is 4.23. The molecule has 0 spiro atoms. The van der Waals surface area contributed by atoms with Gasteiger partial charge in [-0.2, -0.15) is 5.26 Å². The SMILES string of the molecule is Cc1cn2cc(NC(=O)c3ccc(N4C[C@@H](C)N(CC5(C#N)CC5)[C@@H](C)C4)c4nccnc34)cc(F)c2n1. The molecular formula is C28H29FN8O. The maximum absolute atomic E-state index is 14.5. The Kier molecular flexibility index (Phi) is 5.76. The van der Waals surface area contributed by atoms with Gasteiger partial charge in [-0.3, -0.25) is 19.7 Å². The van der Waals surface area contributed by atoms with Crippen molar-refractivity contribution >= 4 is 34.0 Å². The van der Waals surface area contributed by atoms with Crippen LogP contribution in [0.1, 0.15) is 42.7 Å². The van der Waals surface area contributed by atoms with E-state index < -0.39 is 11.7 Å². The monoisotopic (exact) mass is 512 g/mol. The molecule has 1 saturated heterocycles. The molecule has 4 heterocycles. The smallest absolute Gasteiger partial charge is 0.257 e. The van der Waals surface area contributed by atoms with Crippen molar-refractivity contribution in [2.75, 3.05) is 29.9 Å². The summed E-state index contributed by atoms with van der Waals surface area (Å²) >= 11 is 0. The molecule has 4 aromatic rings. The second-order valence-corrected chi connectivity index (χ2v) is 10.7. The summed E-state index contributed by atoms with van der Waals surface area (Å²) < 4.78 is 16.1. The molecule has 6 rings (SSSR count). The highest BCUT2D eigenvalue weighted by molar-refractivity contribution is 6.13. The van der Waals surface area contributed by atoms with Gasteiger partial charge in [-0.1, -0.05) is 0 Å². The number of halogens is 1. The van der Waals surface area contributed by atoms with Crippen molar-refractivity contribution in [3.63, 3.8) is 0 Å². The largest absolute Gasteiger partial charge is 0.367 e. The van der Waals surface area contributed by atoms with Crippen LogP contribution < -0.4 is 10.2 Å². The molecule has 1 aliphatic heterocycles. The lowest BCUT2D eigenvalue weighted by atomic mass is 10.0. The van der Waals surface area contributed by atoms with Crippen molar-refractivity contribution in [1.29, 1.82) is 5.26 Å². The summed E-state index contributed by atoms with van der Waals surface area (Å²) in [5, 5.41) is 12.4. The van der Waals surface area contributed by atoms with E-state index >= 15 is 0 Å². The summed E-state index contributed by atoms with van der Waals surface area (Å²) in [5.74, 6) is -0.906. The summed E-state index contributed by atoms with van der Waals surface area (Å²) in [5.41, 5.74) is 3.47. The zero-order valence-corrected chi connectivity index (χ0v) is 21.6. The lowest BCUT2D eigenvalue weighted by Crippen LogP contribution is -2.58. The molecule has 3 aromatic heterocycles. The van der Waals surface area contributed by atoms with Crippen molar-refractivity contribution in [3.05, 3.63) is 60.1 Å². The molecule has 0 radical (unpaired) electrons. The molecule has 2 atom stereocenters. The Bertz CT molecular complexity index is 1590. The van der Waals surface area contributed by atoms with E-state index in [1.54, 1.807) is 42.2 Å². The van der Waals surface area contributed by atoms with Gasteiger partial charge in [0.2, 0.25) is 0 Å². The van der Waals surface area contributed by atoms with Gasteiger partial charge >= 0.3 is 0 Å². The van der Waals surface area contributed by atoms with Crippen LogP contribution in [0.25, 0.3) is 16.7 Å². The Morgan fingerprint density at radius 3 is 2.55 bits per heavy atom. The number of imidazole rings is 1. The highest BCUT2D eigenvalue weighted by atomic mass is 19.1. The first kappa shape index (κ1) is 24.2. The number of nitrogens with one attached hydrogen (secondary N) is 1. The summed E-state index contributed by atoms with van der Waals surface area (Å²) in [6.07, 6.45) is 8.51. The minimum atomic E-state index is -0.513. The number of hydrogen-bond donors (Lipinski definition) is 1. The van der Waals surface area contributed by atoms with Gasteiger partial charge in [0.05, 0.1) is 34.1 Å². The van der Waals surface area contributed by atoms with E-state index in [9.17, 15) is 14.4 Å². The van der Waals surface area contributed by atoms with Crippen molar-refractivity contribution in [2.24, 2.45) is 5.41 Å². The third-order valence-electron chi connectivity index (χ3n) is 7.75. The maximum Gasteiger partial charge on any atom is 0.257 e. The van der Waals surface area contributed by atoms with Crippen LogP contribution in [0.4, 0.5) is 15.8 Å². The Morgan fingerprint density at radius 1 is 1.16 bits per heavy atom. The minimum Gasteiger partial charge on any atom is -0.367 e. The molecule has 10 heteroatoms. The fourth-order valence-corrected chi connectivity index (χ4v) is 5.60. The van der Waals surface area contributed by atoms with Crippen LogP contribution >= 0.6 is 0 Å². The number of hydrogen-bond acceptors (Lipinski definition) is 7. The van der Waals surface area contributed by atoms with Crippen LogP contribution in [0.2, 0.25) is 0 Å². The molecule has 0 bridgehead atoms. The highest BCUT2D eigenvalue weighted by Gasteiger charge is 2.47. The van der Waals surface area contributed by atoms with Crippen LogP contribution in [-0.4, -0.2) is 61.9 Å². The summed E-state index contributed by atoms with van der Waals surface area (Å²) in [6, 6.07) is 7.98. The number of benzene rings is 1. The van der Waals surface area contributed by atoms with Crippen LogP contribution in [0.5, 0.6) is 0 Å². The molecule has 1 amide bonds. The van der Waals surface area contributed by atoms with Gasteiger partial charge in [0.1, 0.15) is 11.0 Å². The van der Waals surface area contributed by atoms with Gasteiger partial charge in [-0.25, -0.2) is 9.37 Å². The number of pyridine rings is 1. The Balaban J connectivity index is 1.27. The predicted molar refractivity (Wildman–Crippen MR) is 143 cm³/mol. The normalized spacial score (nSPS) is 21.0. The van der Waals surface area contributed by atoms with Gasteiger partial charge in [-0.05, 0) is 45.7 Å². The number of aromatic nitrogens is 4. The van der Waals surface area contributed by atoms with E-state index in [2.05, 4.69) is 50.0 Å². The standard InChI is InChI=1S/C28H29FN8O/c1-17-11-36-14-20(10-22(29)26(36)33-17)34-27(38)21-4-5-23(25-24(21)31-8-9-32-25)35-12-18(2)37(19(3)13-35)16-28(15-30)6-7-28/h4-5,8-11,14,18-19H,6-7,12-13,16H2,1-3H3,(H,34,38)/t18-,19+. The number of aryl methyl sites for hydroxylation is 1. The Labute approximate surface area is 219 Å². The van der Waals surface area contributed by atoms with E-state index in [1.807, 2.05) is 6.07 Å². The summed E-state index contributed by atoms with van der Waals surface area (Å²) in [7, 11) is 0. The van der Waals surface area contributed by atoms with Crippen LogP contribution in [0, 0.1) is 29.5 Å². The van der Waals surface area contributed by atoms with E-state index in [0.29, 0.717) is 28.0 Å². The van der Waals surface area contributed by atoms with E-state index in [4.69, 9.17) is 0 Å². The summed E-state index contributed by atoms with van der Waals surface area (Å²) in [4.78, 5) is 31.3. The van der Waals surface area contributed by atoms with E-state index in [0.717, 1.165) is 38.2 Å². The van der Waals surface area contributed by atoms with Gasteiger partial charge < -0.3 is 14.6 Å². The fourth-order valence-electron chi connectivity index (χ4n) is 5.60. The zero-order chi connectivity index (χ0) is 26.6. The van der Waals surface area contributed by atoms with Crippen LogP contribution in [0.3, 0.4) is 0 Å². The minimum absolute atomic E-state index is 0.179. The second kappa shape index (κ2) is 9.03. The van der Waals surface area contributed by atoms with Gasteiger partial charge in [0, 0.05) is 62.6 Å². The molecule has 9 nitrogen and oxygen atoms in total. The lowest BCUT2D eigenvalue weighted by molar-refractivity contribution is 0.102. The first-order valence-corrected chi connectivity index (χ1v) is 12.9. The van der Waals surface area contributed by atoms with E-state index in [-0.39, 0.29) is 23.1 Å². The maximum atomic E-state index is 14.5. The predicted octanol–water partition coefficient (Wildman–Crippen LogP) is 4.18. The Morgan fingerprint density at radius 2 is 1.87 bits per heavy atom. The molecule has 1 saturated carbocycles. The molecular weight excluding hydrogens is 483 g/mol. The van der Waals surface area contributed by atoms with Gasteiger partial charge in [0.15, 0.2) is 11.5 Å². The van der Waals surface area contributed by atoms with Crippen molar-refractivity contribution in [2.45, 2.75) is 45.7 Å². The number of rotatable bonds is 5. The molecule has 194 valence electrons. The zero-order valence-electron chi connectivity index (χ0n) is 21.6. The molecule has 2 fully saturated rings. The van der Waals surface area contributed by atoms with Crippen molar-refractivity contribution in [1.82, 2.24) is 24.3 Å². The quantitative estimate of drug-likeness (QED) is 0.428. The average molecular weight is 513 g/mol. The fraction of sp³-hybridized carbons (Fsp3) is 0.393. The molecule has 0 unspecified atom stereocenters. The van der Waals surface area contributed by atoms with Gasteiger partial charge in [0.25, 0.3) is 5.91 Å². The molecule has 38 heavy (non-hydrogen) atoms. The van der Waals surface area contributed by atoms with Crippen LogP contribution in [-0.2, 0) is 0 Å². The number of amides is 1. The highest BCUT2D eigenvalue weighted by Crippen LogP contribution is 2.46. The second-order valence-electron chi connectivity index (χ2n) is 10.7. The number of anilines is 2. The first-order chi connectivity index (χ1) is 18.3. The number of nitrogens with zero attached hydrogens (tertiary/aromatic N) is 7. The van der Waals surface area contributed by atoms with Crippen molar-refractivity contribution < 1.29 is 9.18 Å². The molecule has 1 aromatic carbocycles. The third-order valence-corrected chi connectivity index (χ3v) is 7.75. The Hall–Kier alpha value is -4.10. The van der Waals surface area contributed by atoms with E-state index in [1.165, 1.54) is 6.07 Å². The lowest BCUT2D eigenvalue weighted by Gasteiger charge is -2.46. The van der Waals surface area contributed by atoms with Crippen LogP contribution in [0.15, 0.2) is 43.0 Å². The topological polar surface area (TPSA) is 102 Å². The summed E-state index contributed by atoms with van der Waals surface area (Å²) in [6.45, 7) is 8.56. The number of fused-ring (bicyclic) bond motifs is 2. The number of carbonyl (C=O) groups is 1. The molecule has 1 N–H and O–H groups in total. The number of piperazine rings is 1. The molecule has 2 aliphatic rings. The van der Waals surface area contributed by atoms with Gasteiger partial charge in [-0.15, -0.1) is 0 Å². The first-order valence-electron chi connectivity index (χ1n) is 12.9. The van der Waals surface area contributed by atoms with Crippen molar-refractivity contribution in [3.8, 4) is 6.07 Å². The average Bonchev–Trinajstić information content (AvgIpc) is 3.57. The number of carbonyl (C=O) groups excluding carboxylic acids is 1.